The molecular formula is C14H17N5. The topological polar surface area (TPSA) is 54.8 Å². The number of hydrogen-bond acceptors (Lipinski definition) is 5. The van der Waals surface area contributed by atoms with Gasteiger partial charge in [0.05, 0.1) is 11.7 Å². The molecule has 1 unspecified atom stereocenters. The van der Waals surface area contributed by atoms with Gasteiger partial charge >= 0.3 is 0 Å². The molecule has 1 aliphatic heterocycles. The quantitative estimate of drug-likeness (QED) is 0.823. The summed E-state index contributed by atoms with van der Waals surface area (Å²) < 4.78 is 0. The fraction of sp³-hybridized carbons (Fsp3) is 0.429. The molecule has 2 aromatic rings. The Balaban J connectivity index is 1.95. The molecule has 1 aliphatic rings. The summed E-state index contributed by atoms with van der Waals surface area (Å²) in [6, 6.07) is 4.24. The van der Waals surface area contributed by atoms with Crippen LogP contribution >= 0.6 is 0 Å². The average Bonchev–Trinajstić information content (AvgIpc) is 2.88. The summed E-state index contributed by atoms with van der Waals surface area (Å²) in [5.74, 6) is 0.818. The Hall–Kier alpha value is -2.04. The molecule has 98 valence electrons. The minimum atomic E-state index is 0.268. The zero-order valence-corrected chi connectivity index (χ0v) is 11.2. The average molecular weight is 255 g/mol. The highest BCUT2D eigenvalue weighted by molar-refractivity contribution is 5.37. The molecule has 5 heteroatoms. The maximum absolute atomic E-state index is 4.56. The number of nitrogens with zero attached hydrogens (tertiary/aromatic N) is 5. The Morgan fingerprint density at radius 1 is 1.21 bits per heavy atom. The van der Waals surface area contributed by atoms with Gasteiger partial charge in [-0.25, -0.2) is 19.9 Å². The summed E-state index contributed by atoms with van der Waals surface area (Å²) in [7, 11) is 0. The van der Waals surface area contributed by atoms with Crippen LogP contribution in [0.5, 0.6) is 0 Å². The van der Waals surface area contributed by atoms with Crippen molar-refractivity contribution in [1.29, 1.82) is 0 Å². The van der Waals surface area contributed by atoms with Crippen molar-refractivity contribution in [2.45, 2.75) is 32.7 Å². The van der Waals surface area contributed by atoms with Crippen molar-refractivity contribution in [3.8, 4) is 0 Å². The minimum absolute atomic E-state index is 0.268. The molecule has 0 bridgehead atoms. The highest BCUT2D eigenvalue weighted by Crippen LogP contribution is 2.33. The Labute approximate surface area is 112 Å². The molecule has 2 aromatic heterocycles. The van der Waals surface area contributed by atoms with Crippen LogP contribution in [-0.2, 0) is 0 Å². The van der Waals surface area contributed by atoms with Crippen LogP contribution in [0.4, 0.5) is 5.95 Å². The maximum atomic E-state index is 4.56. The van der Waals surface area contributed by atoms with E-state index >= 15 is 0 Å². The molecule has 0 aliphatic carbocycles. The van der Waals surface area contributed by atoms with Crippen LogP contribution in [-0.4, -0.2) is 26.5 Å². The van der Waals surface area contributed by atoms with Crippen molar-refractivity contribution in [2.75, 3.05) is 11.4 Å². The van der Waals surface area contributed by atoms with Gasteiger partial charge in [-0.1, -0.05) is 0 Å². The smallest absolute Gasteiger partial charge is 0.226 e. The van der Waals surface area contributed by atoms with Gasteiger partial charge < -0.3 is 4.90 Å². The van der Waals surface area contributed by atoms with Crippen LogP contribution in [0.1, 0.15) is 36.0 Å². The van der Waals surface area contributed by atoms with Gasteiger partial charge in [-0.05, 0) is 38.8 Å². The van der Waals surface area contributed by atoms with Gasteiger partial charge in [-0.15, -0.1) is 0 Å². The lowest BCUT2D eigenvalue weighted by molar-refractivity contribution is 0.674. The SMILES string of the molecule is Cc1cc(C)nc(N2CCCC2c2ccncn2)n1. The summed E-state index contributed by atoms with van der Waals surface area (Å²) in [5.41, 5.74) is 3.07. The van der Waals surface area contributed by atoms with Gasteiger partial charge in [0.15, 0.2) is 0 Å². The van der Waals surface area contributed by atoms with Gasteiger partial charge in [0.1, 0.15) is 6.33 Å². The standard InChI is InChI=1S/C14H17N5/c1-10-8-11(2)18-14(17-10)19-7-3-4-13(19)12-5-6-15-9-16-12/h5-6,8-9,13H,3-4,7H2,1-2H3. The first-order valence-electron chi connectivity index (χ1n) is 6.59. The fourth-order valence-corrected chi connectivity index (χ4v) is 2.65. The van der Waals surface area contributed by atoms with Gasteiger partial charge in [0, 0.05) is 24.1 Å². The molecule has 0 saturated carbocycles. The van der Waals surface area contributed by atoms with Crippen LogP contribution in [0.25, 0.3) is 0 Å². The molecular weight excluding hydrogens is 238 g/mol. The molecule has 0 aromatic carbocycles. The van der Waals surface area contributed by atoms with Gasteiger partial charge in [0.25, 0.3) is 0 Å². The van der Waals surface area contributed by atoms with E-state index in [-0.39, 0.29) is 6.04 Å². The predicted molar refractivity (Wildman–Crippen MR) is 72.9 cm³/mol. The molecule has 0 amide bonds. The number of aromatic nitrogens is 4. The van der Waals surface area contributed by atoms with E-state index in [1.807, 2.05) is 26.0 Å². The van der Waals surface area contributed by atoms with Crippen molar-refractivity contribution < 1.29 is 0 Å². The third-order valence-electron chi connectivity index (χ3n) is 3.43. The first-order chi connectivity index (χ1) is 9.24. The van der Waals surface area contributed by atoms with Crippen LogP contribution in [0.2, 0.25) is 0 Å². The van der Waals surface area contributed by atoms with Crippen molar-refractivity contribution in [2.24, 2.45) is 0 Å². The van der Waals surface area contributed by atoms with Crippen molar-refractivity contribution >= 4 is 5.95 Å². The molecule has 1 fully saturated rings. The number of hydrogen-bond donors (Lipinski definition) is 0. The molecule has 1 saturated heterocycles. The van der Waals surface area contributed by atoms with E-state index in [4.69, 9.17) is 0 Å². The molecule has 5 nitrogen and oxygen atoms in total. The van der Waals surface area contributed by atoms with Crippen molar-refractivity contribution in [3.05, 3.63) is 41.7 Å². The van der Waals surface area contributed by atoms with E-state index in [1.165, 1.54) is 0 Å². The van der Waals surface area contributed by atoms with E-state index in [0.717, 1.165) is 42.4 Å². The first-order valence-corrected chi connectivity index (χ1v) is 6.59. The summed E-state index contributed by atoms with van der Waals surface area (Å²) in [6.45, 7) is 5.00. The van der Waals surface area contributed by atoms with Gasteiger partial charge in [-0.3, -0.25) is 0 Å². The highest BCUT2D eigenvalue weighted by atomic mass is 15.3. The Morgan fingerprint density at radius 3 is 2.68 bits per heavy atom. The molecule has 3 rings (SSSR count). The minimum Gasteiger partial charge on any atom is -0.332 e. The Bertz CT molecular complexity index is 549. The van der Waals surface area contributed by atoms with Crippen LogP contribution in [0.15, 0.2) is 24.7 Å². The fourth-order valence-electron chi connectivity index (χ4n) is 2.65. The number of anilines is 1. The van der Waals surface area contributed by atoms with Gasteiger partial charge in [0.2, 0.25) is 5.95 Å². The van der Waals surface area contributed by atoms with Crippen molar-refractivity contribution in [3.63, 3.8) is 0 Å². The third kappa shape index (κ3) is 2.41. The molecule has 3 heterocycles. The van der Waals surface area contributed by atoms with Crippen LogP contribution < -0.4 is 4.90 Å². The predicted octanol–water partition coefficient (Wildman–Crippen LogP) is 2.22. The van der Waals surface area contributed by atoms with Crippen molar-refractivity contribution in [1.82, 2.24) is 19.9 Å². The largest absolute Gasteiger partial charge is 0.332 e. The lowest BCUT2D eigenvalue weighted by atomic mass is 10.1. The second kappa shape index (κ2) is 4.91. The monoisotopic (exact) mass is 255 g/mol. The maximum Gasteiger partial charge on any atom is 0.226 e. The molecule has 19 heavy (non-hydrogen) atoms. The zero-order chi connectivity index (χ0) is 13.2. The third-order valence-corrected chi connectivity index (χ3v) is 3.43. The lowest BCUT2D eigenvalue weighted by Crippen LogP contribution is -2.25. The first kappa shape index (κ1) is 12.0. The second-order valence-electron chi connectivity index (χ2n) is 4.94. The van der Waals surface area contributed by atoms with Crippen LogP contribution in [0, 0.1) is 13.8 Å². The summed E-state index contributed by atoms with van der Waals surface area (Å²) in [5, 5.41) is 0. The molecule has 0 radical (unpaired) electrons. The van der Waals surface area contributed by atoms with Gasteiger partial charge in [-0.2, -0.15) is 0 Å². The molecule has 0 spiro atoms. The lowest BCUT2D eigenvalue weighted by Gasteiger charge is -2.24. The number of aryl methyl sites for hydroxylation is 2. The van der Waals surface area contributed by atoms with E-state index in [9.17, 15) is 0 Å². The Morgan fingerprint density at radius 2 is 2.00 bits per heavy atom. The molecule has 0 N–H and O–H groups in total. The second-order valence-corrected chi connectivity index (χ2v) is 4.94. The summed E-state index contributed by atoms with van der Waals surface area (Å²) >= 11 is 0. The number of rotatable bonds is 2. The van der Waals surface area contributed by atoms with E-state index in [2.05, 4.69) is 24.8 Å². The summed E-state index contributed by atoms with van der Waals surface area (Å²) in [6.07, 6.45) is 5.63. The van der Waals surface area contributed by atoms with Crippen LogP contribution in [0.3, 0.4) is 0 Å². The zero-order valence-electron chi connectivity index (χ0n) is 11.2. The molecule has 1 atom stereocenters. The summed E-state index contributed by atoms with van der Waals surface area (Å²) in [4.78, 5) is 19.7. The normalized spacial score (nSPS) is 18.8. The van der Waals surface area contributed by atoms with E-state index in [1.54, 1.807) is 12.5 Å². The van der Waals surface area contributed by atoms with E-state index < -0.39 is 0 Å². The Kier molecular flexibility index (Phi) is 3.11. The van der Waals surface area contributed by atoms with E-state index in [0.29, 0.717) is 0 Å². The highest BCUT2D eigenvalue weighted by Gasteiger charge is 2.29.